The molecule has 1 amide bonds. The first-order chi connectivity index (χ1) is 14.9. The molecule has 13 heteroatoms. The van der Waals surface area contributed by atoms with Crippen molar-refractivity contribution in [3.8, 4) is 10.6 Å². The summed E-state index contributed by atoms with van der Waals surface area (Å²) in [5.41, 5.74) is -1.57. The highest BCUT2D eigenvalue weighted by Gasteiger charge is 2.36. The average molecular weight is 475 g/mol. The van der Waals surface area contributed by atoms with Gasteiger partial charge in [-0.05, 0) is 31.4 Å². The van der Waals surface area contributed by atoms with Crippen LogP contribution in [0.5, 0.6) is 0 Å². The normalized spacial score (nSPS) is 16.7. The van der Waals surface area contributed by atoms with Gasteiger partial charge in [-0.2, -0.15) is 31.4 Å². The smallest absolute Gasteiger partial charge is 0.343 e. The molecule has 0 aromatic carbocycles. The Balaban J connectivity index is 1.60. The third-order valence-electron chi connectivity index (χ3n) is 4.96. The number of halogens is 6. The van der Waals surface area contributed by atoms with Crippen molar-refractivity contribution in [1.29, 1.82) is 0 Å². The molecule has 3 aromatic rings. The van der Waals surface area contributed by atoms with Crippen LogP contribution >= 0.6 is 11.3 Å². The van der Waals surface area contributed by atoms with Gasteiger partial charge in [-0.1, -0.05) is 0 Å². The Morgan fingerprint density at radius 2 is 1.88 bits per heavy atom. The van der Waals surface area contributed by atoms with E-state index in [4.69, 9.17) is 0 Å². The zero-order valence-electron chi connectivity index (χ0n) is 16.4. The molecule has 1 aliphatic carbocycles. The number of amides is 1. The number of carbonyl (C=O) groups is 1. The fourth-order valence-electron chi connectivity index (χ4n) is 3.45. The number of rotatable bonds is 3. The SMILES string of the molecule is Cn1nc(C(F)(F)F)cc1C(=O)N[C@@H]1CCCc2nc(-c3ccnc(C(F)(F)F)c3)sc21. The van der Waals surface area contributed by atoms with Crippen LogP contribution in [0.1, 0.15) is 51.3 Å². The maximum Gasteiger partial charge on any atom is 0.435 e. The van der Waals surface area contributed by atoms with Gasteiger partial charge in [0.1, 0.15) is 16.4 Å². The Morgan fingerprint density at radius 1 is 1.16 bits per heavy atom. The zero-order valence-corrected chi connectivity index (χ0v) is 17.2. The number of nitrogens with one attached hydrogen (secondary N) is 1. The number of aromatic nitrogens is 4. The lowest BCUT2D eigenvalue weighted by Crippen LogP contribution is -2.31. The second-order valence-corrected chi connectivity index (χ2v) is 8.24. The molecule has 0 radical (unpaired) electrons. The Kier molecular flexibility index (Phi) is 5.47. The summed E-state index contributed by atoms with van der Waals surface area (Å²) in [6.07, 6.45) is -6.46. The van der Waals surface area contributed by atoms with E-state index in [2.05, 4.69) is 20.4 Å². The van der Waals surface area contributed by atoms with Gasteiger partial charge in [0.15, 0.2) is 5.69 Å². The molecule has 0 fully saturated rings. The fraction of sp³-hybridized carbons (Fsp3) is 0.368. The summed E-state index contributed by atoms with van der Waals surface area (Å²) < 4.78 is 78.4. The predicted octanol–water partition coefficient (Wildman–Crippen LogP) is 4.78. The predicted molar refractivity (Wildman–Crippen MR) is 102 cm³/mol. The summed E-state index contributed by atoms with van der Waals surface area (Å²) in [4.78, 5) is 21.1. The van der Waals surface area contributed by atoms with Gasteiger partial charge in [-0.15, -0.1) is 11.3 Å². The van der Waals surface area contributed by atoms with Crippen molar-refractivity contribution in [2.45, 2.75) is 37.7 Å². The fourth-order valence-corrected chi connectivity index (χ4v) is 4.64. The van der Waals surface area contributed by atoms with E-state index in [1.807, 2.05) is 0 Å². The van der Waals surface area contributed by atoms with Gasteiger partial charge in [-0.3, -0.25) is 14.5 Å². The maximum atomic E-state index is 13.0. The second-order valence-electron chi connectivity index (χ2n) is 7.21. The molecule has 1 N–H and O–H groups in total. The number of alkyl halides is 6. The maximum absolute atomic E-state index is 13.0. The van der Waals surface area contributed by atoms with Crippen LogP contribution in [0.15, 0.2) is 24.4 Å². The van der Waals surface area contributed by atoms with E-state index in [1.54, 1.807) is 0 Å². The average Bonchev–Trinajstić information content (AvgIpc) is 3.32. The van der Waals surface area contributed by atoms with Gasteiger partial charge in [-0.25, -0.2) is 4.98 Å². The van der Waals surface area contributed by atoms with Crippen molar-refractivity contribution >= 4 is 17.2 Å². The first-order valence-electron chi connectivity index (χ1n) is 9.39. The van der Waals surface area contributed by atoms with Crippen LogP contribution in [-0.4, -0.2) is 25.7 Å². The van der Waals surface area contributed by atoms with Crippen molar-refractivity contribution in [3.63, 3.8) is 0 Å². The molecule has 0 saturated carbocycles. The van der Waals surface area contributed by atoms with Gasteiger partial charge < -0.3 is 5.32 Å². The van der Waals surface area contributed by atoms with E-state index in [-0.39, 0.29) is 11.3 Å². The number of pyridine rings is 1. The van der Waals surface area contributed by atoms with Crippen molar-refractivity contribution in [2.24, 2.45) is 7.05 Å². The number of hydrogen-bond donors (Lipinski definition) is 1. The van der Waals surface area contributed by atoms with E-state index >= 15 is 0 Å². The minimum absolute atomic E-state index is 0.248. The Morgan fingerprint density at radius 3 is 2.53 bits per heavy atom. The summed E-state index contributed by atoms with van der Waals surface area (Å²) >= 11 is 1.14. The number of aryl methyl sites for hydroxylation is 2. The first-order valence-corrected chi connectivity index (χ1v) is 10.2. The van der Waals surface area contributed by atoms with Gasteiger partial charge in [0, 0.05) is 24.9 Å². The van der Waals surface area contributed by atoms with Crippen LogP contribution < -0.4 is 5.32 Å². The molecular formula is C19H15F6N5OS. The summed E-state index contributed by atoms with van der Waals surface area (Å²) in [5.74, 6) is -0.730. The molecule has 6 nitrogen and oxygen atoms in total. The quantitative estimate of drug-likeness (QED) is 0.554. The van der Waals surface area contributed by atoms with E-state index < -0.39 is 35.7 Å². The lowest BCUT2D eigenvalue weighted by molar-refractivity contribution is -0.142. The van der Waals surface area contributed by atoms with Gasteiger partial charge in [0.2, 0.25) is 0 Å². The molecule has 0 aliphatic heterocycles. The molecule has 3 aromatic heterocycles. The molecule has 32 heavy (non-hydrogen) atoms. The standard InChI is InChI=1S/C19H15F6N5OS/c1-30-12(8-14(29-30)19(23,24)25)16(31)27-10-3-2-4-11-15(10)32-17(28-11)9-5-6-26-13(7-9)18(20,21)22/h5-8,10H,2-4H2,1H3,(H,27,31)/t10-/m1/s1. The molecule has 0 bridgehead atoms. The highest BCUT2D eigenvalue weighted by Crippen LogP contribution is 2.39. The molecule has 1 aliphatic rings. The van der Waals surface area contributed by atoms with Gasteiger partial charge in [0.25, 0.3) is 5.91 Å². The number of hydrogen-bond acceptors (Lipinski definition) is 5. The second kappa shape index (κ2) is 7.87. The molecule has 0 spiro atoms. The molecular weight excluding hydrogens is 460 g/mol. The van der Waals surface area contributed by atoms with Crippen LogP contribution in [0.4, 0.5) is 26.3 Å². The summed E-state index contributed by atoms with van der Waals surface area (Å²) in [6.45, 7) is 0. The first kappa shape index (κ1) is 22.2. The topological polar surface area (TPSA) is 72.7 Å². The number of nitrogens with zero attached hydrogens (tertiary/aromatic N) is 4. The van der Waals surface area contributed by atoms with Gasteiger partial charge in [0.05, 0.1) is 16.6 Å². The third kappa shape index (κ3) is 4.33. The number of thiazole rings is 1. The Bertz CT molecular complexity index is 1170. The van der Waals surface area contributed by atoms with Crippen molar-refractivity contribution in [3.05, 3.63) is 52.0 Å². The summed E-state index contributed by atoms with van der Waals surface area (Å²) in [7, 11) is 1.24. The molecule has 3 heterocycles. The Hall–Kier alpha value is -2.96. The minimum atomic E-state index is -4.68. The molecule has 1 atom stereocenters. The van der Waals surface area contributed by atoms with Crippen LogP contribution in [0, 0.1) is 0 Å². The van der Waals surface area contributed by atoms with Crippen LogP contribution in [0.3, 0.4) is 0 Å². The lowest BCUT2D eigenvalue weighted by Gasteiger charge is -2.22. The van der Waals surface area contributed by atoms with E-state index in [0.29, 0.717) is 40.9 Å². The number of fused-ring (bicyclic) bond motifs is 1. The summed E-state index contributed by atoms with van der Waals surface area (Å²) in [5, 5.41) is 6.39. The third-order valence-corrected chi connectivity index (χ3v) is 6.22. The highest BCUT2D eigenvalue weighted by molar-refractivity contribution is 7.15. The van der Waals surface area contributed by atoms with Crippen molar-refractivity contribution < 1.29 is 31.1 Å². The molecule has 0 unspecified atom stereocenters. The van der Waals surface area contributed by atoms with E-state index in [1.165, 1.54) is 13.1 Å². The van der Waals surface area contributed by atoms with Crippen LogP contribution in [0.25, 0.3) is 10.6 Å². The monoisotopic (exact) mass is 475 g/mol. The zero-order chi connectivity index (χ0) is 23.3. The largest absolute Gasteiger partial charge is 0.435 e. The number of carbonyl (C=O) groups excluding carboxylic acids is 1. The van der Waals surface area contributed by atoms with Crippen LogP contribution in [-0.2, 0) is 25.8 Å². The highest BCUT2D eigenvalue weighted by atomic mass is 32.1. The van der Waals surface area contributed by atoms with E-state index in [0.717, 1.165) is 28.3 Å². The molecule has 170 valence electrons. The van der Waals surface area contributed by atoms with Crippen molar-refractivity contribution in [1.82, 2.24) is 25.1 Å². The van der Waals surface area contributed by atoms with Crippen LogP contribution in [0.2, 0.25) is 0 Å². The lowest BCUT2D eigenvalue weighted by atomic mass is 9.98. The molecule has 0 saturated heterocycles. The van der Waals surface area contributed by atoms with E-state index in [9.17, 15) is 31.1 Å². The van der Waals surface area contributed by atoms with Crippen molar-refractivity contribution in [2.75, 3.05) is 0 Å². The minimum Gasteiger partial charge on any atom is -0.343 e. The Labute approximate surface area is 181 Å². The van der Waals surface area contributed by atoms with Gasteiger partial charge >= 0.3 is 12.4 Å². The molecule has 4 rings (SSSR count). The summed E-state index contributed by atoms with van der Waals surface area (Å²) in [6, 6.07) is 2.48.